The van der Waals surface area contributed by atoms with Crippen LogP contribution in [0.25, 0.3) is 0 Å². The van der Waals surface area contributed by atoms with Crippen molar-refractivity contribution in [2.24, 2.45) is 0 Å². The van der Waals surface area contributed by atoms with E-state index >= 15 is 0 Å². The predicted molar refractivity (Wildman–Crippen MR) is 107 cm³/mol. The SMILES string of the molecule is CN(CCCc1ccccc1)C(=O)NC(CCC(=O)O)Cc1ccccc1. The average molecular weight is 368 g/mol. The number of rotatable bonds is 10. The Labute approximate surface area is 161 Å². The molecule has 1 unspecified atom stereocenters. The summed E-state index contributed by atoms with van der Waals surface area (Å²) in [4.78, 5) is 25.1. The van der Waals surface area contributed by atoms with E-state index in [-0.39, 0.29) is 18.5 Å². The summed E-state index contributed by atoms with van der Waals surface area (Å²) in [5.41, 5.74) is 2.34. The van der Waals surface area contributed by atoms with Crippen molar-refractivity contribution in [1.29, 1.82) is 0 Å². The highest BCUT2D eigenvalue weighted by molar-refractivity contribution is 5.74. The van der Waals surface area contributed by atoms with Crippen LogP contribution in [-0.2, 0) is 17.6 Å². The molecule has 2 aromatic rings. The number of carbonyl (C=O) groups is 2. The van der Waals surface area contributed by atoms with Crippen molar-refractivity contribution in [3.63, 3.8) is 0 Å². The molecule has 2 rings (SSSR count). The molecule has 27 heavy (non-hydrogen) atoms. The van der Waals surface area contributed by atoms with Gasteiger partial charge in [-0.15, -0.1) is 0 Å². The van der Waals surface area contributed by atoms with Crippen molar-refractivity contribution in [2.45, 2.75) is 38.1 Å². The minimum Gasteiger partial charge on any atom is -0.481 e. The Balaban J connectivity index is 1.84. The van der Waals surface area contributed by atoms with Crippen LogP contribution in [0.1, 0.15) is 30.4 Å². The van der Waals surface area contributed by atoms with Gasteiger partial charge in [0.1, 0.15) is 0 Å². The first-order chi connectivity index (χ1) is 13.0. The van der Waals surface area contributed by atoms with E-state index in [1.54, 1.807) is 11.9 Å². The molecule has 144 valence electrons. The number of urea groups is 1. The Morgan fingerprint density at radius 3 is 2.19 bits per heavy atom. The van der Waals surface area contributed by atoms with Gasteiger partial charge in [-0.25, -0.2) is 4.79 Å². The second-order valence-electron chi connectivity index (χ2n) is 6.78. The topological polar surface area (TPSA) is 69.6 Å². The number of benzene rings is 2. The molecule has 0 fully saturated rings. The number of nitrogens with one attached hydrogen (secondary N) is 1. The second kappa shape index (κ2) is 11.0. The summed E-state index contributed by atoms with van der Waals surface area (Å²) >= 11 is 0. The van der Waals surface area contributed by atoms with Gasteiger partial charge in [-0.1, -0.05) is 60.7 Å². The maximum Gasteiger partial charge on any atom is 0.317 e. The van der Waals surface area contributed by atoms with Crippen molar-refractivity contribution in [3.8, 4) is 0 Å². The molecule has 1 atom stereocenters. The molecule has 0 radical (unpaired) electrons. The lowest BCUT2D eigenvalue weighted by Crippen LogP contribution is -2.44. The fourth-order valence-electron chi connectivity index (χ4n) is 2.97. The molecule has 2 aromatic carbocycles. The summed E-state index contributed by atoms with van der Waals surface area (Å²) in [6.45, 7) is 0.651. The predicted octanol–water partition coefficient (Wildman–Crippen LogP) is 3.74. The standard InChI is InChI=1S/C22H28N2O3/c1-24(16-8-13-18-9-4-2-5-10-18)22(27)23-20(14-15-21(25)26)17-19-11-6-3-7-12-19/h2-7,9-12,20H,8,13-17H2,1H3,(H,23,27)(H,25,26). The second-order valence-corrected chi connectivity index (χ2v) is 6.78. The third-order valence-electron chi connectivity index (χ3n) is 4.51. The van der Waals surface area contributed by atoms with Gasteiger partial charge in [0, 0.05) is 26.1 Å². The molecular weight excluding hydrogens is 340 g/mol. The number of aryl methyl sites for hydroxylation is 1. The highest BCUT2D eigenvalue weighted by Gasteiger charge is 2.17. The van der Waals surface area contributed by atoms with E-state index in [2.05, 4.69) is 17.4 Å². The van der Waals surface area contributed by atoms with E-state index in [9.17, 15) is 9.59 Å². The number of hydrogen-bond acceptors (Lipinski definition) is 2. The molecule has 0 heterocycles. The third-order valence-corrected chi connectivity index (χ3v) is 4.51. The van der Waals surface area contributed by atoms with Crippen LogP contribution in [0, 0.1) is 0 Å². The van der Waals surface area contributed by atoms with Crippen molar-refractivity contribution in [1.82, 2.24) is 10.2 Å². The first kappa shape index (κ1) is 20.5. The maximum atomic E-state index is 12.5. The van der Waals surface area contributed by atoms with Gasteiger partial charge in [0.25, 0.3) is 0 Å². The number of amides is 2. The van der Waals surface area contributed by atoms with Crippen LogP contribution >= 0.6 is 0 Å². The first-order valence-electron chi connectivity index (χ1n) is 9.36. The van der Waals surface area contributed by atoms with Crippen LogP contribution in [0.4, 0.5) is 4.79 Å². The van der Waals surface area contributed by atoms with E-state index in [0.29, 0.717) is 19.4 Å². The molecule has 5 nitrogen and oxygen atoms in total. The molecular formula is C22H28N2O3. The highest BCUT2D eigenvalue weighted by atomic mass is 16.4. The normalized spacial score (nSPS) is 11.6. The number of carbonyl (C=O) groups excluding carboxylic acids is 1. The Hall–Kier alpha value is -2.82. The number of aliphatic carboxylic acids is 1. The Bertz CT molecular complexity index is 704. The highest BCUT2D eigenvalue weighted by Crippen LogP contribution is 2.09. The van der Waals surface area contributed by atoms with Gasteiger partial charge in [-0.2, -0.15) is 0 Å². The molecule has 5 heteroatoms. The molecule has 0 aromatic heterocycles. The summed E-state index contributed by atoms with van der Waals surface area (Å²) in [5, 5.41) is 12.0. The zero-order valence-corrected chi connectivity index (χ0v) is 15.8. The fraction of sp³-hybridized carbons (Fsp3) is 0.364. The monoisotopic (exact) mass is 368 g/mol. The lowest BCUT2D eigenvalue weighted by atomic mass is 10.0. The quantitative estimate of drug-likeness (QED) is 0.671. The largest absolute Gasteiger partial charge is 0.481 e. The van der Waals surface area contributed by atoms with E-state index in [1.807, 2.05) is 48.5 Å². The van der Waals surface area contributed by atoms with Gasteiger partial charge in [-0.3, -0.25) is 4.79 Å². The van der Waals surface area contributed by atoms with Gasteiger partial charge < -0.3 is 15.3 Å². The van der Waals surface area contributed by atoms with Crippen LogP contribution in [0.15, 0.2) is 60.7 Å². The van der Waals surface area contributed by atoms with E-state index < -0.39 is 5.97 Å². The van der Waals surface area contributed by atoms with E-state index in [4.69, 9.17) is 5.11 Å². The molecule has 0 saturated carbocycles. The molecule has 0 aliphatic heterocycles. The van der Waals surface area contributed by atoms with Crippen LogP contribution in [0.3, 0.4) is 0 Å². The molecule has 2 N–H and O–H groups in total. The Morgan fingerprint density at radius 2 is 1.59 bits per heavy atom. The zero-order valence-electron chi connectivity index (χ0n) is 15.8. The van der Waals surface area contributed by atoms with Gasteiger partial charge in [0.05, 0.1) is 0 Å². The maximum absolute atomic E-state index is 12.5. The van der Waals surface area contributed by atoms with Gasteiger partial charge in [0.15, 0.2) is 0 Å². The van der Waals surface area contributed by atoms with Crippen LogP contribution in [-0.4, -0.2) is 41.6 Å². The molecule has 2 amide bonds. The smallest absolute Gasteiger partial charge is 0.317 e. The van der Waals surface area contributed by atoms with Crippen LogP contribution < -0.4 is 5.32 Å². The number of carboxylic acid groups (broad SMARTS) is 1. The molecule has 0 spiro atoms. The summed E-state index contributed by atoms with van der Waals surface area (Å²) in [5.74, 6) is -0.849. The summed E-state index contributed by atoms with van der Waals surface area (Å²) in [6.07, 6.45) is 2.87. The average Bonchev–Trinajstić information content (AvgIpc) is 2.67. The number of nitrogens with zero attached hydrogens (tertiary/aromatic N) is 1. The number of hydrogen-bond donors (Lipinski definition) is 2. The van der Waals surface area contributed by atoms with Gasteiger partial charge in [-0.05, 0) is 36.8 Å². The van der Waals surface area contributed by atoms with E-state index in [1.165, 1.54) is 5.56 Å². The lowest BCUT2D eigenvalue weighted by molar-refractivity contribution is -0.137. The summed E-state index contributed by atoms with van der Waals surface area (Å²) in [6, 6.07) is 19.6. The Morgan fingerprint density at radius 1 is 1.00 bits per heavy atom. The third kappa shape index (κ3) is 7.94. The minimum absolute atomic E-state index is 0.0372. The molecule has 0 aliphatic rings. The lowest BCUT2D eigenvalue weighted by Gasteiger charge is -2.23. The summed E-state index contributed by atoms with van der Waals surface area (Å²) in [7, 11) is 1.77. The van der Waals surface area contributed by atoms with E-state index in [0.717, 1.165) is 18.4 Å². The summed E-state index contributed by atoms with van der Waals surface area (Å²) < 4.78 is 0. The molecule has 0 bridgehead atoms. The first-order valence-corrected chi connectivity index (χ1v) is 9.36. The Kier molecular flexibility index (Phi) is 8.36. The number of carboxylic acids is 1. The van der Waals surface area contributed by atoms with Crippen molar-refractivity contribution < 1.29 is 14.7 Å². The van der Waals surface area contributed by atoms with Crippen LogP contribution in [0.2, 0.25) is 0 Å². The van der Waals surface area contributed by atoms with Crippen molar-refractivity contribution in [2.75, 3.05) is 13.6 Å². The molecule has 0 saturated heterocycles. The van der Waals surface area contributed by atoms with Crippen molar-refractivity contribution in [3.05, 3.63) is 71.8 Å². The zero-order chi connectivity index (χ0) is 19.5. The fourth-order valence-corrected chi connectivity index (χ4v) is 2.97. The van der Waals surface area contributed by atoms with Gasteiger partial charge >= 0.3 is 12.0 Å². The van der Waals surface area contributed by atoms with Crippen molar-refractivity contribution >= 4 is 12.0 Å². The van der Waals surface area contributed by atoms with Crippen LogP contribution in [0.5, 0.6) is 0 Å². The van der Waals surface area contributed by atoms with Gasteiger partial charge in [0.2, 0.25) is 0 Å². The minimum atomic E-state index is -0.849. The molecule has 0 aliphatic carbocycles.